The predicted octanol–water partition coefficient (Wildman–Crippen LogP) is 2.94. The predicted molar refractivity (Wildman–Crippen MR) is 49.0 cm³/mol. The Bertz CT molecular complexity index is 352. The fourth-order valence-corrected chi connectivity index (χ4v) is 1.39. The maximum Gasteiger partial charge on any atom is 0.418 e. The van der Waals surface area contributed by atoms with Crippen LogP contribution in [0.5, 0.6) is 5.75 Å². The van der Waals surface area contributed by atoms with Gasteiger partial charge in [-0.25, -0.2) is 0 Å². The quantitative estimate of drug-likeness (QED) is 0.861. The Morgan fingerprint density at radius 2 is 2.00 bits per heavy atom. The van der Waals surface area contributed by atoms with Crippen LogP contribution in [0.15, 0.2) is 18.2 Å². The van der Waals surface area contributed by atoms with E-state index in [0.29, 0.717) is 0 Å². The molecule has 0 aromatic heterocycles. The SMILES string of the molecule is COc1c(Cl)cccc1[C@@H](O)C(F)(F)F. The second-order valence-corrected chi connectivity index (χ2v) is 3.21. The number of hydrogen-bond acceptors (Lipinski definition) is 2. The van der Waals surface area contributed by atoms with Crippen molar-refractivity contribution in [2.75, 3.05) is 7.11 Å². The summed E-state index contributed by atoms with van der Waals surface area (Å²) < 4.78 is 41.4. The van der Waals surface area contributed by atoms with Gasteiger partial charge in [0.15, 0.2) is 6.10 Å². The number of hydrogen-bond donors (Lipinski definition) is 1. The Morgan fingerprint density at radius 1 is 1.40 bits per heavy atom. The molecule has 0 aliphatic heterocycles. The molecule has 0 aliphatic rings. The highest BCUT2D eigenvalue weighted by Gasteiger charge is 2.41. The molecule has 84 valence electrons. The maximum atomic E-state index is 12.2. The van der Waals surface area contributed by atoms with Crippen LogP contribution in [0.1, 0.15) is 11.7 Å². The Kier molecular flexibility index (Phi) is 3.46. The van der Waals surface area contributed by atoms with E-state index in [0.717, 1.165) is 6.07 Å². The van der Waals surface area contributed by atoms with E-state index in [9.17, 15) is 13.2 Å². The van der Waals surface area contributed by atoms with Crippen molar-refractivity contribution in [3.8, 4) is 5.75 Å². The van der Waals surface area contributed by atoms with Crippen molar-refractivity contribution in [2.45, 2.75) is 12.3 Å². The highest BCUT2D eigenvalue weighted by molar-refractivity contribution is 6.32. The molecule has 0 saturated carbocycles. The molecule has 0 saturated heterocycles. The Labute approximate surface area is 89.2 Å². The minimum absolute atomic E-state index is 0.0262. The van der Waals surface area contributed by atoms with Crippen LogP contribution < -0.4 is 4.74 Å². The van der Waals surface area contributed by atoms with Crippen molar-refractivity contribution in [2.24, 2.45) is 0 Å². The van der Waals surface area contributed by atoms with Crippen molar-refractivity contribution >= 4 is 11.6 Å². The average Bonchev–Trinajstić information content (AvgIpc) is 2.14. The molecule has 1 atom stereocenters. The molecular weight excluding hydrogens is 233 g/mol. The van der Waals surface area contributed by atoms with Crippen LogP contribution in [0.4, 0.5) is 13.2 Å². The number of ether oxygens (including phenoxy) is 1. The van der Waals surface area contributed by atoms with Gasteiger partial charge in [0.1, 0.15) is 5.75 Å². The van der Waals surface area contributed by atoms with E-state index in [4.69, 9.17) is 21.4 Å². The summed E-state index contributed by atoms with van der Waals surface area (Å²) in [4.78, 5) is 0. The first-order valence-electron chi connectivity index (χ1n) is 3.95. The van der Waals surface area contributed by atoms with Crippen molar-refractivity contribution in [3.63, 3.8) is 0 Å². The summed E-state index contributed by atoms with van der Waals surface area (Å²) in [6.45, 7) is 0. The van der Waals surface area contributed by atoms with Gasteiger partial charge in [-0.1, -0.05) is 23.7 Å². The Hall–Kier alpha value is -0.940. The number of methoxy groups -OCH3 is 1. The summed E-state index contributed by atoms with van der Waals surface area (Å²) in [7, 11) is 1.19. The van der Waals surface area contributed by atoms with E-state index < -0.39 is 17.8 Å². The largest absolute Gasteiger partial charge is 0.495 e. The zero-order chi connectivity index (χ0) is 11.6. The highest BCUT2D eigenvalue weighted by atomic mass is 35.5. The maximum absolute atomic E-state index is 12.2. The Balaban J connectivity index is 3.20. The summed E-state index contributed by atoms with van der Waals surface area (Å²) in [5, 5.41) is 9.06. The number of benzene rings is 1. The summed E-state index contributed by atoms with van der Waals surface area (Å²) in [6, 6.07) is 3.81. The minimum Gasteiger partial charge on any atom is -0.495 e. The van der Waals surface area contributed by atoms with Gasteiger partial charge < -0.3 is 9.84 Å². The van der Waals surface area contributed by atoms with Crippen molar-refractivity contribution in [1.29, 1.82) is 0 Å². The van der Waals surface area contributed by atoms with Crippen LogP contribution in [0.25, 0.3) is 0 Å². The molecule has 0 bridgehead atoms. The molecule has 0 amide bonds. The lowest BCUT2D eigenvalue weighted by Gasteiger charge is -2.18. The van der Waals surface area contributed by atoms with Gasteiger partial charge in [-0.05, 0) is 6.07 Å². The van der Waals surface area contributed by atoms with Gasteiger partial charge in [-0.15, -0.1) is 0 Å². The molecule has 2 nitrogen and oxygen atoms in total. The van der Waals surface area contributed by atoms with Crippen LogP contribution in [0.2, 0.25) is 5.02 Å². The molecule has 0 fully saturated rings. The van der Waals surface area contributed by atoms with Gasteiger partial charge in [0.2, 0.25) is 0 Å². The average molecular weight is 241 g/mol. The van der Waals surface area contributed by atoms with Crippen molar-refractivity contribution in [1.82, 2.24) is 0 Å². The Morgan fingerprint density at radius 3 is 2.47 bits per heavy atom. The standard InChI is InChI=1S/C9H8ClF3O2/c1-15-7-5(3-2-4-6(7)10)8(14)9(11,12)13/h2-4,8,14H,1H3/t8-/m1/s1. The molecule has 0 radical (unpaired) electrons. The zero-order valence-electron chi connectivity index (χ0n) is 7.68. The van der Waals surface area contributed by atoms with Crippen molar-refractivity contribution in [3.05, 3.63) is 28.8 Å². The summed E-state index contributed by atoms with van der Waals surface area (Å²) >= 11 is 5.62. The zero-order valence-corrected chi connectivity index (χ0v) is 8.43. The monoisotopic (exact) mass is 240 g/mol. The van der Waals surface area contributed by atoms with E-state index in [1.807, 2.05) is 0 Å². The number of rotatable bonds is 2. The summed E-state index contributed by atoms with van der Waals surface area (Å²) in [5.41, 5.74) is -0.391. The molecule has 6 heteroatoms. The second kappa shape index (κ2) is 4.28. The normalized spacial score (nSPS) is 13.7. The fraction of sp³-hybridized carbons (Fsp3) is 0.333. The third-order valence-electron chi connectivity index (χ3n) is 1.81. The fourth-order valence-electron chi connectivity index (χ4n) is 1.13. The summed E-state index contributed by atoms with van der Waals surface area (Å²) in [6.07, 6.45) is -7.33. The molecule has 15 heavy (non-hydrogen) atoms. The van der Waals surface area contributed by atoms with E-state index in [2.05, 4.69) is 0 Å². The van der Waals surface area contributed by atoms with Gasteiger partial charge in [0.25, 0.3) is 0 Å². The first-order chi connectivity index (χ1) is 6.88. The first-order valence-corrected chi connectivity index (χ1v) is 4.33. The third kappa shape index (κ3) is 2.54. The van der Waals surface area contributed by atoms with Crippen LogP contribution in [0, 0.1) is 0 Å². The molecule has 0 heterocycles. The number of aliphatic hydroxyl groups excluding tert-OH is 1. The highest BCUT2D eigenvalue weighted by Crippen LogP contribution is 2.39. The first kappa shape index (κ1) is 12.1. The minimum atomic E-state index is -4.74. The van der Waals surface area contributed by atoms with Gasteiger partial charge in [-0.3, -0.25) is 0 Å². The molecule has 1 aromatic rings. The van der Waals surface area contributed by atoms with Gasteiger partial charge in [0.05, 0.1) is 12.1 Å². The van der Waals surface area contributed by atoms with Crippen LogP contribution in [-0.2, 0) is 0 Å². The topological polar surface area (TPSA) is 29.5 Å². The molecule has 0 aliphatic carbocycles. The molecule has 0 unspecified atom stereocenters. The number of aliphatic hydroxyl groups is 1. The number of alkyl halides is 3. The third-order valence-corrected chi connectivity index (χ3v) is 2.10. The molecule has 1 rings (SSSR count). The number of halogens is 4. The van der Waals surface area contributed by atoms with E-state index in [1.54, 1.807) is 0 Å². The smallest absolute Gasteiger partial charge is 0.418 e. The van der Waals surface area contributed by atoms with Gasteiger partial charge in [0, 0.05) is 5.56 Å². The molecule has 1 N–H and O–H groups in total. The molecule has 0 spiro atoms. The van der Waals surface area contributed by atoms with E-state index in [1.165, 1.54) is 19.2 Å². The summed E-state index contributed by atoms with van der Waals surface area (Å²) in [5.74, 6) is -0.163. The molecular formula is C9H8ClF3O2. The second-order valence-electron chi connectivity index (χ2n) is 2.81. The van der Waals surface area contributed by atoms with E-state index in [-0.39, 0.29) is 10.8 Å². The van der Waals surface area contributed by atoms with Crippen molar-refractivity contribution < 1.29 is 23.0 Å². The molecule has 1 aromatic carbocycles. The van der Waals surface area contributed by atoms with Crippen LogP contribution >= 0.6 is 11.6 Å². The van der Waals surface area contributed by atoms with Crippen LogP contribution in [0.3, 0.4) is 0 Å². The lowest BCUT2D eigenvalue weighted by atomic mass is 10.1. The lowest BCUT2D eigenvalue weighted by Crippen LogP contribution is -2.20. The van der Waals surface area contributed by atoms with E-state index >= 15 is 0 Å². The lowest BCUT2D eigenvalue weighted by molar-refractivity contribution is -0.207. The van der Waals surface area contributed by atoms with Gasteiger partial charge >= 0.3 is 6.18 Å². The van der Waals surface area contributed by atoms with Crippen LogP contribution in [-0.4, -0.2) is 18.4 Å². The van der Waals surface area contributed by atoms with Gasteiger partial charge in [-0.2, -0.15) is 13.2 Å². The number of para-hydroxylation sites is 1.